The summed E-state index contributed by atoms with van der Waals surface area (Å²) >= 11 is 0. The minimum Gasteiger partial charge on any atom is -0.380 e. The number of aromatic nitrogens is 1. The molecule has 164 valence electrons. The van der Waals surface area contributed by atoms with Crippen LogP contribution >= 0.6 is 0 Å². The summed E-state index contributed by atoms with van der Waals surface area (Å²) in [6, 6.07) is 20.0. The molecule has 1 saturated heterocycles. The van der Waals surface area contributed by atoms with E-state index < -0.39 is 0 Å². The fraction of sp³-hybridized carbons (Fsp3) is 0.308. The Hall–Kier alpha value is -3.40. The van der Waals surface area contributed by atoms with Crippen LogP contribution < -0.4 is 16.2 Å². The highest BCUT2D eigenvalue weighted by atomic mass is 16.5. The lowest BCUT2D eigenvalue weighted by Gasteiger charge is -2.32. The number of rotatable bonds is 5. The molecule has 0 bridgehead atoms. The zero-order chi connectivity index (χ0) is 22.7. The van der Waals surface area contributed by atoms with E-state index in [9.17, 15) is 10.1 Å². The van der Waals surface area contributed by atoms with E-state index in [0.717, 1.165) is 53.9 Å². The van der Waals surface area contributed by atoms with Crippen molar-refractivity contribution in [3.05, 3.63) is 76.1 Å². The average molecular weight is 429 g/mol. The number of methoxy groups -OCH3 is 1. The number of ether oxygens (including phenoxy) is 1. The molecule has 2 heterocycles. The van der Waals surface area contributed by atoms with Gasteiger partial charge in [0.2, 0.25) is 0 Å². The number of piperidine rings is 1. The van der Waals surface area contributed by atoms with E-state index in [-0.39, 0.29) is 11.6 Å². The van der Waals surface area contributed by atoms with E-state index in [1.165, 1.54) is 0 Å². The number of hydrogen-bond acceptors (Lipinski definition) is 5. The molecule has 0 radical (unpaired) electrons. The molecule has 2 N–H and O–H groups in total. The molecule has 3 aromatic rings. The Morgan fingerprint density at radius 2 is 1.69 bits per heavy atom. The van der Waals surface area contributed by atoms with Crippen LogP contribution in [0.1, 0.15) is 24.0 Å². The first-order valence-electron chi connectivity index (χ1n) is 10.8. The van der Waals surface area contributed by atoms with E-state index in [1.54, 1.807) is 11.7 Å². The highest BCUT2D eigenvalue weighted by Gasteiger charge is 2.22. The molecule has 0 atom stereocenters. The van der Waals surface area contributed by atoms with Crippen LogP contribution in [-0.4, -0.2) is 30.8 Å². The van der Waals surface area contributed by atoms with E-state index in [0.29, 0.717) is 17.9 Å². The summed E-state index contributed by atoms with van der Waals surface area (Å²) in [5, 5.41) is 9.20. The highest BCUT2D eigenvalue weighted by Crippen LogP contribution is 2.34. The molecular formula is C26H28N4O2. The van der Waals surface area contributed by atoms with Crippen molar-refractivity contribution in [3.63, 3.8) is 0 Å². The lowest BCUT2D eigenvalue weighted by atomic mass is 9.96. The maximum absolute atomic E-state index is 13.4. The number of benzene rings is 2. The molecule has 0 unspecified atom stereocenters. The molecule has 6 nitrogen and oxygen atoms in total. The van der Waals surface area contributed by atoms with Crippen molar-refractivity contribution < 1.29 is 4.74 Å². The van der Waals surface area contributed by atoms with Gasteiger partial charge in [0.1, 0.15) is 5.69 Å². The molecule has 2 aromatic carbocycles. The summed E-state index contributed by atoms with van der Waals surface area (Å²) in [5.74, 6) is 0. The molecule has 0 amide bonds. The summed E-state index contributed by atoms with van der Waals surface area (Å²) < 4.78 is 6.96. The number of hydrogen-bond donors (Lipinski definition) is 1. The molecule has 1 aliphatic heterocycles. The van der Waals surface area contributed by atoms with E-state index in [4.69, 9.17) is 10.5 Å². The van der Waals surface area contributed by atoms with Crippen molar-refractivity contribution in [3.8, 4) is 28.5 Å². The number of nitrogens with two attached hydrogens (primary N) is 1. The highest BCUT2D eigenvalue weighted by molar-refractivity contribution is 5.83. The van der Waals surface area contributed by atoms with Gasteiger partial charge in [-0.15, -0.1) is 0 Å². The van der Waals surface area contributed by atoms with Gasteiger partial charge in [-0.2, -0.15) is 5.26 Å². The molecular weight excluding hydrogens is 400 g/mol. The summed E-state index contributed by atoms with van der Waals surface area (Å²) in [5.41, 5.74) is 12.2. The van der Waals surface area contributed by atoms with Gasteiger partial charge in [0.25, 0.3) is 5.56 Å². The molecule has 1 aliphatic rings. The summed E-state index contributed by atoms with van der Waals surface area (Å²) in [4.78, 5) is 15.6. The fourth-order valence-electron chi connectivity index (χ4n) is 4.31. The second-order valence-corrected chi connectivity index (χ2v) is 8.30. The largest absolute Gasteiger partial charge is 0.380 e. The summed E-state index contributed by atoms with van der Waals surface area (Å²) in [6.45, 7) is 2.08. The maximum Gasteiger partial charge on any atom is 0.274 e. The van der Waals surface area contributed by atoms with E-state index in [2.05, 4.69) is 11.0 Å². The van der Waals surface area contributed by atoms with Crippen LogP contribution in [0.3, 0.4) is 0 Å². The molecule has 0 saturated carbocycles. The molecule has 0 spiro atoms. The minimum absolute atomic E-state index is 0.0196. The van der Waals surface area contributed by atoms with Crippen molar-refractivity contribution in [2.24, 2.45) is 12.8 Å². The minimum atomic E-state index is -0.0196. The van der Waals surface area contributed by atoms with Crippen molar-refractivity contribution in [1.29, 1.82) is 5.26 Å². The second kappa shape index (κ2) is 9.39. The lowest BCUT2D eigenvalue weighted by molar-refractivity contribution is 0.185. The Morgan fingerprint density at radius 3 is 2.28 bits per heavy atom. The molecule has 1 fully saturated rings. The number of nitrogens with zero attached hydrogens (tertiary/aromatic N) is 3. The van der Waals surface area contributed by atoms with Gasteiger partial charge in [-0.3, -0.25) is 4.79 Å². The first-order chi connectivity index (χ1) is 15.5. The average Bonchev–Trinajstić information content (AvgIpc) is 2.82. The van der Waals surface area contributed by atoms with Crippen LogP contribution in [0.25, 0.3) is 22.4 Å². The predicted molar refractivity (Wildman–Crippen MR) is 127 cm³/mol. The molecule has 0 aliphatic carbocycles. The van der Waals surface area contributed by atoms with Crippen LogP contribution in [0.15, 0.2) is 59.4 Å². The third kappa shape index (κ3) is 4.31. The Labute approximate surface area is 188 Å². The van der Waals surface area contributed by atoms with E-state index >= 15 is 0 Å². The SMILES string of the molecule is COCc1ccc(-c2c(-c3ccc(C#N)cc3)cc(N3CCC(N)CC3)c(=O)n2C)cc1. The van der Waals surface area contributed by atoms with Gasteiger partial charge in [0, 0.05) is 38.9 Å². The number of nitriles is 1. The molecule has 32 heavy (non-hydrogen) atoms. The Morgan fingerprint density at radius 1 is 1.06 bits per heavy atom. The van der Waals surface area contributed by atoms with Gasteiger partial charge in [0.05, 0.1) is 23.9 Å². The van der Waals surface area contributed by atoms with Crippen molar-refractivity contribution in [1.82, 2.24) is 4.57 Å². The molecule has 1 aromatic heterocycles. The maximum atomic E-state index is 13.4. The summed E-state index contributed by atoms with van der Waals surface area (Å²) in [7, 11) is 3.50. The van der Waals surface area contributed by atoms with Gasteiger partial charge in [-0.1, -0.05) is 36.4 Å². The van der Waals surface area contributed by atoms with Crippen molar-refractivity contribution in [2.75, 3.05) is 25.1 Å². The molecule has 4 rings (SSSR count). The van der Waals surface area contributed by atoms with Crippen LogP contribution in [0, 0.1) is 11.3 Å². The van der Waals surface area contributed by atoms with Crippen LogP contribution in [0.4, 0.5) is 5.69 Å². The van der Waals surface area contributed by atoms with Crippen LogP contribution in [0.2, 0.25) is 0 Å². The lowest BCUT2D eigenvalue weighted by Crippen LogP contribution is -2.42. The molecule has 6 heteroatoms. The second-order valence-electron chi connectivity index (χ2n) is 8.30. The number of pyridine rings is 1. The topological polar surface area (TPSA) is 84.3 Å². The van der Waals surface area contributed by atoms with E-state index in [1.807, 2.05) is 61.6 Å². The Balaban J connectivity index is 1.88. The van der Waals surface area contributed by atoms with Crippen molar-refractivity contribution >= 4 is 5.69 Å². The first kappa shape index (κ1) is 21.8. The predicted octanol–water partition coefficient (Wildman–Crippen LogP) is 3.66. The van der Waals surface area contributed by atoms with Crippen molar-refractivity contribution in [2.45, 2.75) is 25.5 Å². The normalized spacial score (nSPS) is 14.4. The summed E-state index contributed by atoms with van der Waals surface area (Å²) in [6.07, 6.45) is 1.75. The van der Waals surface area contributed by atoms with Crippen LogP contribution in [0.5, 0.6) is 0 Å². The quantitative estimate of drug-likeness (QED) is 0.670. The smallest absolute Gasteiger partial charge is 0.274 e. The first-order valence-corrected chi connectivity index (χ1v) is 10.8. The third-order valence-corrected chi connectivity index (χ3v) is 6.14. The number of anilines is 1. The van der Waals surface area contributed by atoms with Crippen LogP contribution in [-0.2, 0) is 18.4 Å². The standard InChI is InChI=1S/C26H28N4O2/c1-29-25(21-9-5-19(6-10-21)17-32-2)23(20-7-3-18(16-27)4-8-20)15-24(26(29)31)30-13-11-22(28)12-14-30/h3-10,15,22H,11-14,17,28H2,1-2H3. The van der Waals surface area contributed by atoms with Gasteiger partial charge in [-0.05, 0) is 47.7 Å². The third-order valence-electron chi connectivity index (χ3n) is 6.14. The van der Waals surface area contributed by atoms with Gasteiger partial charge in [0.15, 0.2) is 0 Å². The van der Waals surface area contributed by atoms with Gasteiger partial charge >= 0.3 is 0 Å². The monoisotopic (exact) mass is 428 g/mol. The fourth-order valence-corrected chi connectivity index (χ4v) is 4.31. The zero-order valence-corrected chi connectivity index (χ0v) is 18.5. The Bertz CT molecular complexity index is 1180. The van der Waals surface area contributed by atoms with Gasteiger partial charge in [-0.25, -0.2) is 0 Å². The van der Waals surface area contributed by atoms with Gasteiger partial charge < -0.3 is 19.9 Å². The zero-order valence-electron chi connectivity index (χ0n) is 18.5. The Kier molecular flexibility index (Phi) is 6.40.